The van der Waals surface area contributed by atoms with Gasteiger partial charge in [-0.1, -0.05) is 0 Å². The second-order valence-electron chi connectivity index (χ2n) is 8.45. The summed E-state index contributed by atoms with van der Waals surface area (Å²) < 4.78 is 5.36. The maximum Gasteiger partial charge on any atom is 0.407 e. The van der Waals surface area contributed by atoms with E-state index in [1.54, 1.807) is 0 Å². The third kappa shape index (κ3) is 6.42. The number of carbonyl (C=O) groups excluding carboxylic acids is 1. The van der Waals surface area contributed by atoms with Crippen LogP contribution in [0.1, 0.15) is 53.4 Å². The molecule has 0 aromatic carbocycles. The maximum atomic E-state index is 12.3. The van der Waals surface area contributed by atoms with Crippen molar-refractivity contribution in [3.63, 3.8) is 0 Å². The average molecular weight is 355 g/mol. The van der Waals surface area contributed by atoms with E-state index in [-0.39, 0.29) is 17.7 Å². The maximum absolute atomic E-state index is 12.3. The van der Waals surface area contributed by atoms with Crippen LogP contribution < -0.4 is 10.6 Å². The zero-order valence-corrected chi connectivity index (χ0v) is 16.8. The molecule has 0 unspecified atom stereocenters. The number of hydrogen-bond donors (Lipinski definition) is 2. The number of likely N-dealkylation sites (tertiary alicyclic amines) is 2. The number of nitrogens with one attached hydrogen (secondary N) is 2. The van der Waals surface area contributed by atoms with Crippen molar-refractivity contribution >= 4 is 6.09 Å². The topological polar surface area (TPSA) is 56.8 Å². The molecule has 146 valence electrons. The summed E-state index contributed by atoms with van der Waals surface area (Å²) in [7, 11) is 2.18. The molecular weight excluding hydrogens is 316 g/mol. The van der Waals surface area contributed by atoms with E-state index in [9.17, 15) is 4.79 Å². The van der Waals surface area contributed by atoms with E-state index in [2.05, 4.69) is 41.3 Å². The molecule has 2 saturated heterocycles. The standard InChI is InChI=1S/C19H38N4O2/c1-15(2)23-12-8-19(9-13-23,21-18(24)25-16(3)4)14-20-17-6-10-22(5)11-7-17/h15-17,20H,6-14H2,1-5H3,(H,21,24). The highest BCUT2D eigenvalue weighted by molar-refractivity contribution is 5.68. The number of ether oxygens (including phenoxy) is 1. The van der Waals surface area contributed by atoms with E-state index < -0.39 is 0 Å². The summed E-state index contributed by atoms with van der Waals surface area (Å²) >= 11 is 0. The molecule has 6 nitrogen and oxygen atoms in total. The van der Waals surface area contributed by atoms with Gasteiger partial charge in [-0.05, 0) is 73.5 Å². The van der Waals surface area contributed by atoms with Crippen molar-refractivity contribution < 1.29 is 9.53 Å². The van der Waals surface area contributed by atoms with Gasteiger partial charge in [0.1, 0.15) is 0 Å². The number of nitrogens with zero attached hydrogens (tertiary/aromatic N) is 2. The fraction of sp³-hybridized carbons (Fsp3) is 0.947. The third-order valence-electron chi connectivity index (χ3n) is 5.64. The van der Waals surface area contributed by atoms with Gasteiger partial charge in [0.05, 0.1) is 11.6 Å². The van der Waals surface area contributed by atoms with Crippen LogP contribution in [-0.4, -0.2) is 79.4 Å². The Kier molecular flexibility index (Phi) is 7.52. The van der Waals surface area contributed by atoms with Crippen LogP contribution in [-0.2, 0) is 4.74 Å². The SMILES string of the molecule is CC(C)OC(=O)NC1(CNC2CCN(C)CC2)CCN(C(C)C)CC1. The quantitative estimate of drug-likeness (QED) is 0.765. The fourth-order valence-corrected chi connectivity index (χ4v) is 3.83. The van der Waals surface area contributed by atoms with Crippen molar-refractivity contribution in [2.24, 2.45) is 0 Å². The summed E-state index contributed by atoms with van der Waals surface area (Å²) in [5.74, 6) is 0. The number of amides is 1. The molecule has 0 saturated carbocycles. The molecule has 1 amide bonds. The van der Waals surface area contributed by atoms with Crippen LogP contribution >= 0.6 is 0 Å². The average Bonchev–Trinajstić information content (AvgIpc) is 2.54. The Bertz CT molecular complexity index is 412. The summed E-state index contributed by atoms with van der Waals surface area (Å²) in [5, 5.41) is 6.95. The van der Waals surface area contributed by atoms with Gasteiger partial charge in [0, 0.05) is 31.7 Å². The van der Waals surface area contributed by atoms with Crippen molar-refractivity contribution in [2.45, 2.75) is 77.1 Å². The van der Waals surface area contributed by atoms with Gasteiger partial charge in [0.25, 0.3) is 0 Å². The number of alkyl carbamates (subject to hydrolysis) is 1. The Hall–Kier alpha value is -0.850. The first-order valence-corrected chi connectivity index (χ1v) is 9.94. The van der Waals surface area contributed by atoms with Gasteiger partial charge >= 0.3 is 6.09 Å². The first-order chi connectivity index (χ1) is 11.8. The van der Waals surface area contributed by atoms with Gasteiger partial charge in [0.2, 0.25) is 0 Å². The Morgan fingerprint density at radius 3 is 2.24 bits per heavy atom. The minimum Gasteiger partial charge on any atom is -0.447 e. The highest BCUT2D eigenvalue weighted by Gasteiger charge is 2.37. The van der Waals surface area contributed by atoms with E-state index in [0.717, 1.165) is 45.6 Å². The summed E-state index contributed by atoms with van der Waals surface area (Å²) in [5.41, 5.74) is -0.194. The molecule has 2 rings (SSSR count). The van der Waals surface area contributed by atoms with Gasteiger partial charge in [-0.3, -0.25) is 0 Å². The molecule has 0 spiro atoms. The Labute approximate surface area is 153 Å². The molecule has 2 fully saturated rings. The molecule has 0 aromatic heterocycles. The summed E-state index contributed by atoms with van der Waals surface area (Å²) in [6, 6.07) is 1.11. The van der Waals surface area contributed by atoms with Gasteiger partial charge in [-0.25, -0.2) is 4.79 Å². The molecule has 6 heteroatoms. The number of hydrogen-bond acceptors (Lipinski definition) is 5. The van der Waals surface area contributed by atoms with Crippen LogP contribution in [0.5, 0.6) is 0 Å². The minimum absolute atomic E-state index is 0.0883. The van der Waals surface area contributed by atoms with E-state index in [4.69, 9.17) is 4.74 Å². The molecule has 25 heavy (non-hydrogen) atoms. The van der Waals surface area contributed by atoms with Crippen LogP contribution in [0.25, 0.3) is 0 Å². The molecule has 2 aliphatic heterocycles. The highest BCUT2D eigenvalue weighted by atomic mass is 16.6. The van der Waals surface area contributed by atoms with Crippen molar-refractivity contribution in [3.05, 3.63) is 0 Å². The number of rotatable bonds is 6. The lowest BCUT2D eigenvalue weighted by molar-refractivity contribution is 0.0751. The first kappa shape index (κ1) is 20.5. The van der Waals surface area contributed by atoms with Crippen LogP contribution in [0.3, 0.4) is 0 Å². The molecule has 0 atom stereocenters. The molecule has 0 bridgehead atoms. The molecule has 2 N–H and O–H groups in total. The zero-order chi connectivity index (χ0) is 18.4. The molecule has 2 aliphatic rings. The minimum atomic E-state index is -0.279. The third-order valence-corrected chi connectivity index (χ3v) is 5.64. The predicted molar refractivity (Wildman–Crippen MR) is 102 cm³/mol. The molecule has 0 aliphatic carbocycles. The van der Waals surface area contributed by atoms with E-state index in [1.165, 1.54) is 12.8 Å². The van der Waals surface area contributed by atoms with Gasteiger partial charge in [-0.2, -0.15) is 0 Å². The predicted octanol–water partition coefficient (Wildman–Crippen LogP) is 2.05. The van der Waals surface area contributed by atoms with Crippen LogP contribution in [0.4, 0.5) is 4.79 Å². The van der Waals surface area contributed by atoms with Crippen molar-refractivity contribution in [3.8, 4) is 0 Å². The molecule has 2 heterocycles. The second-order valence-corrected chi connectivity index (χ2v) is 8.45. The lowest BCUT2D eigenvalue weighted by Gasteiger charge is -2.44. The van der Waals surface area contributed by atoms with E-state index in [1.807, 2.05) is 13.8 Å². The van der Waals surface area contributed by atoms with Gasteiger partial charge in [-0.15, -0.1) is 0 Å². The Balaban J connectivity index is 1.93. The van der Waals surface area contributed by atoms with Gasteiger partial charge in [0.15, 0.2) is 0 Å². The van der Waals surface area contributed by atoms with Gasteiger partial charge < -0.3 is 25.2 Å². The lowest BCUT2D eigenvalue weighted by atomic mass is 9.86. The summed E-state index contributed by atoms with van der Waals surface area (Å²) in [6.45, 7) is 13.4. The second kappa shape index (κ2) is 9.19. The van der Waals surface area contributed by atoms with E-state index >= 15 is 0 Å². The number of piperidine rings is 2. The Morgan fingerprint density at radius 1 is 1.12 bits per heavy atom. The fourth-order valence-electron chi connectivity index (χ4n) is 3.83. The Morgan fingerprint density at radius 2 is 1.72 bits per heavy atom. The largest absolute Gasteiger partial charge is 0.447 e. The smallest absolute Gasteiger partial charge is 0.407 e. The molecular formula is C19H38N4O2. The van der Waals surface area contributed by atoms with E-state index in [0.29, 0.717) is 12.1 Å². The van der Waals surface area contributed by atoms with Crippen LogP contribution in [0.2, 0.25) is 0 Å². The highest BCUT2D eigenvalue weighted by Crippen LogP contribution is 2.24. The lowest BCUT2D eigenvalue weighted by Crippen LogP contribution is -2.62. The van der Waals surface area contributed by atoms with Crippen molar-refractivity contribution in [1.82, 2.24) is 20.4 Å². The number of carbonyl (C=O) groups is 1. The summed E-state index contributed by atoms with van der Waals surface area (Å²) in [4.78, 5) is 17.1. The monoisotopic (exact) mass is 354 g/mol. The first-order valence-electron chi connectivity index (χ1n) is 9.94. The molecule has 0 radical (unpaired) electrons. The summed E-state index contributed by atoms with van der Waals surface area (Å²) in [6.07, 6.45) is 3.94. The van der Waals surface area contributed by atoms with Crippen molar-refractivity contribution in [2.75, 3.05) is 39.8 Å². The molecule has 0 aromatic rings. The van der Waals surface area contributed by atoms with Crippen molar-refractivity contribution in [1.29, 1.82) is 0 Å². The van der Waals surface area contributed by atoms with Crippen LogP contribution in [0.15, 0.2) is 0 Å². The van der Waals surface area contributed by atoms with Crippen LogP contribution in [0, 0.1) is 0 Å². The zero-order valence-electron chi connectivity index (χ0n) is 16.8. The normalized spacial score (nSPS) is 23.2.